The molecule has 0 N–H and O–H groups in total. The number of esters is 1. The molecule has 1 atom stereocenters. The van der Waals surface area contributed by atoms with Crippen molar-refractivity contribution in [3.8, 4) is 22.8 Å². The SMILES string of the molecule is C=CCc1cc(C=CC(=O)OCC)cc(OC)c1OC(CCCC)c1cccc(-c2ccc(C(F)(F)F)cc2)n1. The summed E-state index contributed by atoms with van der Waals surface area (Å²) < 4.78 is 56.3. The molecule has 0 saturated carbocycles. The van der Waals surface area contributed by atoms with Crippen molar-refractivity contribution in [1.29, 1.82) is 0 Å². The molecule has 2 aromatic carbocycles. The number of nitrogens with zero attached hydrogens (tertiary/aromatic N) is 1. The van der Waals surface area contributed by atoms with E-state index in [0.717, 1.165) is 36.1 Å². The van der Waals surface area contributed by atoms with Gasteiger partial charge in [0.05, 0.1) is 30.7 Å². The zero-order valence-corrected chi connectivity index (χ0v) is 23.0. The van der Waals surface area contributed by atoms with Crippen LogP contribution in [-0.4, -0.2) is 24.7 Å². The number of rotatable bonds is 13. The molecule has 1 aromatic heterocycles. The second kappa shape index (κ2) is 14.4. The molecule has 0 radical (unpaired) electrons. The van der Waals surface area contributed by atoms with Crippen molar-refractivity contribution in [2.75, 3.05) is 13.7 Å². The van der Waals surface area contributed by atoms with Crippen LogP contribution in [0.5, 0.6) is 11.5 Å². The van der Waals surface area contributed by atoms with Crippen molar-refractivity contribution in [3.63, 3.8) is 0 Å². The topological polar surface area (TPSA) is 57.7 Å². The van der Waals surface area contributed by atoms with E-state index in [1.807, 2.05) is 18.2 Å². The summed E-state index contributed by atoms with van der Waals surface area (Å²) >= 11 is 0. The van der Waals surface area contributed by atoms with E-state index in [9.17, 15) is 18.0 Å². The molecule has 0 aliphatic rings. The third-order valence-corrected chi connectivity index (χ3v) is 6.13. The Kier molecular flexibility index (Phi) is 10.9. The summed E-state index contributed by atoms with van der Waals surface area (Å²) in [7, 11) is 1.54. The zero-order valence-electron chi connectivity index (χ0n) is 23.0. The largest absolute Gasteiger partial charge is 0.493 e. The van der Waals surface area contributed by atoms with E-state index < -0.39 is 23.8 Å². The monoisotopic (exact) mass is 553 g/mol. The fourth-order valence-corrected chi connectivity index (χ4v) is 4.15. The summed E-state index contributed by atoms with van der Waals surface area (Å²) in [6, 6.07) is 14.1. The molecule has 1 unspecified atom stereocenters. The number of alkyl halides is 3. The van der Waals surface area contributed by atoms with Gasteiger partial charge in [-0.2, -0.15) is 13.2 Å². The van der Waals surface area contributed by atoms with Gasteiger partial charge in [-0.05, 0) is 74.2 Å². The average Bonchev–Trinajstić information content (AvgIpc) is 2.94. The van der Waals surface area contributed by atoms with E-state index in [1.54, 1.807) is 38.3 Å². The number of ether oxygens (including phenoxy) is 3. The number of aromatic nitrogens is 1. The molecule has 8 heteroatoms. The van der Waals surface area contributed by atoms with Gasteiger partial charge in [0.2, 0.25) is 0 Å². The van der Waals surface area contributed by atoms with Crippen LogP contribution < -0.4 is 9.47 Å². The summed E-state index contributed by atoms with van der Waals surface area (Å²) in [5, 5.41) is 0. The van der Waals surface area contributed by atoms with Crippen LogP contribution in [-0.2, 0) is 22.1 Å². The molecule has 0 amide bonds. The first-order valence-electron chi connectivity index (χ1n) is 13.2. The van der Waals surface area contributed by atoms with Gasteiger partial charge in [-0.1, -0.05) is 37.6 Å². The Bertz CT molecular complexity index is 1320. The van der Waals surface area contributed by atoms with Gasteiger partial charge in [-0.25, -0.2) is 9.78 Å². The fourth-order valence-electron chi connectivity index (χ4n) is 4.15. The summed E-state index contributed by atoms with van der Waals surface area (Å²) in [6.07, 6.45) is 2.89. The van der Waals surface area contributed by atoms with E-state index in [0.29, 0.717) is 41.3 Å². The van der Waals surface area contributed by atoms with Gasteiger partial charge in [-0.15, -0.1) is 6.58 Å². The maximum absolute atomic E-state index is 13.0. The standard InChI is InChI=1S/C32H34F3NO4/c1-5-8-13-28(27-12-9-11-26(36-27)23-15-17-25(18-16-23)32(33,34)35)40-31-24(10-6-2)20-22(21-29(31)38-4)14-19-30(37)39-7-3/h6,9,11-12,14-21,28H,2,5,7-8,10,13H2,1,3-4H3. The lowest BCUT2D eigenvalue weighted by molar-refractivity contribution is -0.138. The number of carbonyl (C=O) groups excluding carboxylic acids is 1. The zero-order chi connectivity index (χ0) is 29.1. The molecule has 0 fully saturated rings. The number of pyridine rings is 1. The normalized spacial score (nSPS) is 12.2. The van der Waals surface area contributed by atoms with E-state index in [1.165, 1.54) is 18.2 Å². The first-order valence-corrected chi connectivity index (χ1v) is 13.2. The number of allylic oxidation sites excluding steroid dienone is 1. The highest BCUT2D eigenvalue weighted by molar-refractivity contribution is 5.87. The van der Waals surface area contributed by atoms with Gasteiger partial charge < -0.3 is 14.2 Å². The van der Waals surface area contributed by atoms with Crippen molar-refractivity contribution in [2.45, 2.75) is 51.8 Å². The maximum atomic E-state index is 13.0. The van der Waals surface area contributed by atoms with Crippen LogP contribution in [0.25, 0.3) is 17.3 Å². The molecule has 40 heavy (non-hydrogen) atoms. The van der Waals surface area contributed by atoms with Crippen molar-refractivity contribution >= 4 is 12.0 Å². The Morgan fingerprint density at radius 3 is 2.48 bits per heavy atom. The molecule has 0 aliphatic heterocycles. The van der Waals surface area contributed by atoms with Crippen LogP contribution in [0.1, 0.15) is 61.6 Å². The number of hydrogen-bond donors (Lipinski definition) is 0. The third kappa shape index (κ3) is 8.21. The van der Waals surface area contributed by atoms with Crippen molar-refractivity contribution in [3.05, 3.63) is 95.7 Å². The summed E-state index contributed by atoms with van der Waals surface area (Å²) in [5.74, 6) is 0.590. The number of halogens is 3. The summed E-state index contributed by atoms with van der Waals surface area (Å²) in [5.41, 5.74) is 2.63. The predicted octanol–water partition coefficient (Wildman–Crippen LogP) is 8.39. The average molecular weight is 554 g/mol. The van der Waals surface area contributed by atoms with Crippen LogP contribution in [0.15, 0.2) is 73.3 Å². The van der Waals surface area contributed by atoms with E-state index in [2.05, 4.69) is 13.5 Å². The molecule has 3 aromatic rings. The van der Waals surface area contributed by atoms with E-state index >= 15 is 0 Å². The summed E-state index contributed by atoms with van der Waals surface area (Å²) in [4.78, 5) is 16.6. The molecule has 0 aliphatic carbocycles. The van der Waals surface area contributed by atoms with Crippen LogP contribution in [0.2, 0.25) is 0 Å². The minimum atomic E-state index is -4.40. The minimum absolute atomic E-state index is 0.286. The lowest BCUT2D eigenvalue weighted by Gasteiger charge is -2.23. The molecule has 5 nitrogen and oxygen atoms in total. The van der Waals surface area contributed by atoms with Crippen LogP contribution in [0, 0.1) is 0 Å². The van der Waals surface area contributed by atoms with Gasteiger partial charge in [-0.3, -0.25) is 0 Å². The highest BCUT2D eigenvalue weighted by Gasteiger charge is 2.30. The first-order chi connectivity index (χ1) is 19.2. The van der Waals surface area contributed by atoms with Crippen molar-refractivity contribution in [1.82, 2.24) is 4.98 Å². The Labute approximate surface area is 233 Å². The van der Waals surface area contributed by atoms with Crippen LogP contribution >= 0.6 is 0 Å². The van der Waals surface area contributed by atoms with Gasteiger partial charge >= 0.3 is 12.1 Å². The number of hydrogen-bond acceptors (Lipinski definition) is 5. The number of carbonyl (C=O) groups is 1. The second-order valence-corrected chi connectivity index (χ2v) is 9.06. The molecule has 0 saturated heterocycles. The van der Waals surface area contributed by atoms with E-state index in [-0.39, 0.29) is 6.61 Å². The Morgan fingerprint density at radius 1 is 1.10 bits per heavy atom. The molecular weight excluding hydrogens is 519 g/mol. The summed E-state index contributed by atoms with van der Waals surface area (Å²) in [6.45, 7) is 7.97. The lowest BCUT2D eigenvalue weighted by Crippen LogP contribution is -2.12. The second-order valence-electron chi connectivity index (χ2n) is 9.06. The number of benzene rings is 2. The molecular formula is C32H34F3NO4. The highest BCUT2D eigenvalue weighted by Crippen LogP contribution is 2.38. The Hall–Kier alpha value is -4.07. The van der Waals surface area contributed by atoms with Crippen LogP contribution in [0.3, 0.4) is 0 Å². The lowest BCUT2D eigenvalue weighted by atomic mass is 10.0. The molecule has 0 bridgehead atoms. The van der Waals surface area contributed by atoms with Crippen molar-refractivity contribution < 1.29 is 32.2 Å². The molecule has 1 heterocycles. The van der Waals surface area contributed by atoms with Gasteiger partial charge in [0.1, 0.15) is 6.10 Å². The Morgan fingerprint density at radius 2 is 1.85 bits per heavy atom. The number of unbranched alkanes of at least 4 members (excludes halogenated alkanes) is 1. The van der Waals surface area contributed by atoms with Crippen molar-refractivity contribution in [2.24, 2.45) is 0 Å². The fraction of sp³-hybridized carbons (Fsp3) is 0.312. The third-order valence-electron chi connectivity index (χ3n) is 6.13. The first kappa shape index (κ1) is 30.5. The van der Waals surface area contributed by atoms with Gasteiger partial charge in [0, 0.05) is 17.2 Å². The smallest absolute Gasteiger partial charge is 0.416 e. The predicted molar refractivity (Wildman–Crippen MR) is 150 cm³/mol. The molecule has 212 valence electrons. The molecule has 3 rings (SSSR count). The maximum Gasteiger partial charge on any atom is 0.416 e. The van der Waals surface area contributed by atoms with Crippen LogP contribution in [0.4, 0.5) is 13.2 Å². The number of methoxy groups -OCH3 is 1. The highest BCUT2D eigenvalue weighted by atomic mass is 19.4. The minimum Gasteiger partial charge on any atom is -0.493 e. The van der Waals surface area contributed by atoms with Gasteiger partial charge in [0.15, 0.2) is 11.5 Å². The van der Waals surface area contributed by atoms with Gasteiger partial charge in [0.25, 0.3) is 0 Å². The van der Waals surface area contributed by atoms with E-state index in [4.69, 9.17) is 19.2 Å². The molecule has 0 spiro atoms. The quantitative estimate of drug-likeness (QED) is 0.121. The Balaban J connectivity index is 1.98.